The second-order valence-electron chi connectivity index (χ2n) is 6.53. The molecule has 1 aliphatic rings. The van der Waals surface area contributed by atoms with Crippen molar-refractivity contribution in [2.45, 2.75) is 39.0 Å². The number of rotatable bonds is 5. The molecule has 1 aromatic carbocycles. The van der Waals surface area contributed by atoms with Crippen molar-refractivity contribution in [1.82, 2.24) is 9.21 Å². The van der Waals surface area contributed by atoms with Crippen molar-refractivity contribution in [3.63, 3.8) is 0 Å². The average molecular weight is 382 g/mol. The Bertz CT molecular complexity index is 773. The molecule has 1 saturated heterocycles. The molecule has 26 heavy (non-hydrogen) atoms. The molecule has 1 fully saturated rings. The summed E-state index contributed by atoms with van der Waals surface area (Å²) in [5.74, 6) is -0.726. The zero-order chi connectivity index (χ0) is 19.5. The van der Waals surface area contributed by atoms with Crippen LogP contribution in [0.2, 0.25) is 0 Å². The topological polar surface area (TPSA) is 84.0 Å². The number of carbonyl (C=O) groups is 2. The first-order valence-electron chi connectivity index (χ1n) is 8.68. The van der Waals surface area contributed by atoms with E-state index in [9.17, 15) is 18.0 Å². The molecule has 2 rings (SSSR count). The predicted octanol–water partition coefficient (Wildman–Crippen LogP) is 1.40. The third kappa shape index (κ3) is 4.42. The molecule has 0 aliphatic carbocycles. The van der Waals surface area contributed by atoms with Gasteiger partial charge in [-0.15, -0.1) is 0 Å². The van der Waals surface area contributed by atoms with Crippen LogP contribution in [0.1, 0.15) is 30.0 Å². The van der Waals surface area contributed by atoms with Gasteiger partial charge in [-0.2, -0.15) is 4.31 Å². The van der Waals surface area contributed by atoms with Crippen molar-refractivity contribution in [3.8, 4) is 0 Å². The van der Waals surface area contributed by atoms with Crippen LogP contribution in [0.3, 0.4) is 0 Å². The van der Waals surface area contributed by atoms with Crippen molar-refractivity contribution >= 4 is 21.9 Å². The van der Waals surface area contributed by atoms with Crippen molar-refractivity contribution in [2.75, 3.05) is 32.8 Å². The molecule has 144 valence electrons. The average Bonchev–Trinajstić information content (AvgIpc) is 2.58. The lowest BCUT2D eigenvalue weighted by Gasteiger charge is -2.34. The van der Waals surface area contributed by atoms with Crippen LogP contribution in [0.25, 0.3) is 0 Å². The van der Waals surface area contributed by atoms with Gasteiger partial charge in [0.05, 0.1) is 4.90 Å². The number of piperazine rings is 1. The summed E-state index contributed by atoms with van der Waals surface area (Å²) in [7, 11) is -3.61. The summed E-state index contributed by atoms with van der Waals surface area (Å²) in [5.41, 5.74) is 2.48. The van der Waals surface area contributed by atoms with Crippen molar-refractivity contribution in [2.24, 2.45) is 0 Å². The molecule has 0 unspecified atom stereocenters. The lowest BCUT2D eigenvalue weighted by molar-refractivity contribution is -0.152. The first-order chi connectivity index (χ1) is 12.2. The number of ether oxygens (including phenoxy) is 1. The SMILES string of the molecule is CCC(=O)OCC(=O)N1CCN(S(=O)(=O)c2c(C)cc(C)cc2C)CC1. The number of nitrogens with zero attached hydrogens (tertiary/aromatic N) is 2. The highest BCUT2D eigenvalue weighted by atomic mass is 32.2. The Hall–Kier alpha value is -1.93. The van der Waals surface area contributed by atoms with Crippen LogP contribution in [0, 0.1) is 20.8 Å². The fourth-order valence-electron chi connectivity index (χ4n) is 3.22. The van der Waals surface area contributed by atoms with Crippen LogP contribution >= 0.6 is 0 Å². The summed E-state index contributed by atoms with van der Waals surface area (Å²) in [4.78, 5) is 25.1. The maximum atomic E-state index is 13.0. The number of aryl methyl sites for hydroxylation is 3. The molecule has 8 heteroatoms. The molecule has 1 amide bonds. The summed E-state index contributed by atoms with van der Waals surface area (Å²) in [6, 6.07) is 3.73. The second-order valence-corrected chi connectivity index (χ2v) is 8.40. The number of hydrogen-bond donors (Lipinski definition) is 0. The van der Waals surface area contributed by atoms with E-state index in [0.29, 0.717) is 4.90 Å². The largest absolute Gasteiger partial charge is 0.456 e. The minimum absolute atomic E-state index is 0.217. The molecule has 0 bridgehead atoms. The van der Waals surface area contributed by atoms with Crippen LogP contribution in [0.5, 0.6) is 0 Å². The maximum absolute atomic E-state index is 13.0. The molecule has 0 N–H and O–H groups in total. The Morgan fingerprint density at radius 2 is 1.58 bits per heavy atom. The monoisotopic (exact) mass is 382 g/mol. The highest BCUT2D eigenvalue weighted by molar-refractivity contribution is 7.89. The summed E-state index contributed by atoms with van der Waals surface area (Å²) < 4.78 is 32.3. The summed E-state index contributed by atoms with van der Waals surface area (Å²) in [6.07, 6.45) is 0.217. The van der Waals surface area contributed by atoms with Crippen molar-refractivity contribution in [3.05, 3.63) is 28.8 Å². The van der Waals surface area contributed by atoms with Crippen molar-refractivity contribution in [1.29, 1.82) is 0 Å². The number of hydrogen-bond acceptors (Lipinski definition) is 5. The number of carbonyl (C=O) groups excluding carboxylic acids is 2. The van der Waals surface area contributed by atoms with Crippen LogP contribution in [0.4, 0.5) is 0 Å². The molecule has 1 aromatic rings. The van der Waals surface area contributed by atoms with E-state index in [4.69, 9.17) is 4.74 Å². The third-order valence-corrected chi connectivity index (χ3v) is 6.64. The lowest BCUT2D eigenvalue weighted by Crippen LogP contribution is -2.51. The van der Waals surface area contributed by atoms with E-state index in [2.05, 4.69) is 0 Å². The molecular weight excluding hydrogens is 356 g/mol. The van der Waals surface area contributed by atoms with Gasteiger partial charge in [0, 0.05) is 32.6 Å². The quantitative estimate of drug-likeness (QED) is 0.719. The van der Waals surface area contributed by atoms with E-state index in [1.54, 1.807) is 20.8 Å². The molecule has 7 nitrogen and oxygen atoms in total. The van der Waals surface area contributed by atoms with Gasteiger partial charge in [-0.05, 0) is 31.9 Å². The predicted molar refractivity (Wildman–Crippen MR) is 97.2 cm³/mol. The smallest absolute Gasteiger partial charge is 0.306 e. The van der Waals surface area contributed by atoms with E-state index in [1.807, 2.05) is 19.1 Å². The highest BCUT2D eigenvalue weighted by Crippen LogP contribution is 2.26. The van der Waals surface area contributed by atoms with E-state index in [0.717, 1.165) is 16.7 Å². The van der Waals surface area contributed by atoms with E-state index in [1.165, 1.54) is 9.21 Å². The summed E-state index contributed by atoms with van der Waals surface area (Å²) >= 11 is 0. The van der Waals surface area contributed by atoms with E-state index < -0.39 is 16.0 Å². The van der Waals surface area contributed by atoms with Gasteiger partial charge in [0.1, 0.15) is 0 Å². The van der Waals surface area contributed by atoms with Gasteiger partial charge >= 0.3 is 5.97 Å². The molecule has 0 saturated carbocycles. The third-order valence-electron chi connectivity index (χ3n) is 4.44. The summed E-state index contributed by atoms with van der Waals surface area (Å²) in [6.45, 7) is 7.92. The zero-order valence-corrected chi connectivity index (χ0v) is 16.6. The Morgan fingerprint density at radius 3 is 2.08 bits per heavy atom. The van der Waals surface area contributed by atoms with Crippen LogP contribution in [0.15, 0.2) is 17.0 Å². The molecular formula is C18H26N2O5S. The first-order valence-corrected chi connectivity index (χ1v) is 10.1. The van der Waals surface area contributed by atoms with Crippen LogP contribution in [-0.2, 0) is 24.3 Å². The lowest BCUT2D eigenvalue weighted by atomic mass is 10.1. The second kappa shape index (κ2) is 8.18. The van der Waals surface area contributed by atoms with Gasteiger partial charge in [0.25, 0.3) is 5.91 Å². The molecule has 0 aromatic heterocycles. The minimum Gasteiger partial charge on any atom is -0.456 e. The fraction of sp³-hybridized carbons (Fsp3) is 0.556. The van der Waals surface area contributed by atoms with Gasteiger partial charge < -0.3 is 9.64 Å². The Labute approximate surface area is 155 Å². The van der Waals surface area contributed by atoms with Crippen LogP contribution in [-0.4, -0.2) is 62.3 Å². The Balaban J connectivity index is 2.05. The molecule has 0 atom stereocenters. The van der Waals surface area contributed by atoms with E-state index >= 15 is 0 Å². The normalized spacial score (nSPS) is 15.8. The maximum Gasteiger partial charge on any atom is 0.306 e. The van der Waals surface area contributed by atoms with Gasteiger partial charge in [0.2, 0.25) is 10.0 Å². The standard InChI is InChI=1S/C18H26N2O5S/c1-5-17(22)25-12-16(21)19-6-8-20(9-7-19)26(23,24)18-14(3)10-13(2)11-15(18)4/h10-11H,5-9,12H2,1-4H3. The molecule has 1 aliphatic heterocycles. The minimum atomic E-state index is -3.61. The van der Waals surface area contributed by atoms with E-state index in [-0.39, 0.29) is 45.1 Å². The molecule has 1 heterocycles. The van der Waals surface area contributed by atoms with Crippen molar-refractivity contribution < 1.29 is 22.7 Å². The van der Waals surface area contributed by atoms with Gasteiger partial charge in [-0.3, -0.25) is 9.59 Å². The number of benzene rings is 1. The Kier molecular flexibility index (Phi) is 6.41. The fourth-order valence-corrected chi connectivity index (χ4v) is 5.05. The molecule has 0 radical (unpaired) electrons. The van der Waals surface area contributed by atoms with Gasteiger partial charge in [0.15, 0.2) is 6.61 Å². The number of sulfonamides is 1. The van der Waals surface area contributed by atoms with Crippen LogP contribution < -0.4 is 0 Å². The molecule has 0 spiro atoms. The first kappa shape index (κ1) is 20.4. The van der Waals surface area contributed by atoms with Gasteiger partial charge in [-0.25, -0.2) is 8.42 Å². The number of amides is 1. The number of esters is 1. The summed E-state index contributed by atoms with van der Waals surface area (Å²) in [5, 5.41) is 0. The van der Waals surface area contributed by atoms with Gasteiger partial charge in [-0.1, -0.05) is 24.6 Å². The zero-order valence-electron chi connectivity index (χ0n) is 15.7. The highest BCUT2D eigenvalue weighted by Gasteiger charge is 2.32. The Morgan fingerprint density at radius 1 is 1.04 bits per heavy atom.